The first-order valence-corrected chi connectivity index (χ1v) is 9.18. The van der Waals surface area contributed by atoms with Crippen LogP contribution < -0.4 is 10.0 Å². The first kappa shape index (κ1) is 18.1. The predicted molar refractivity (Wildman–Crippen MR) is 84.6 cm³/mol. The van der Waals surface area contributed by atoms with Crippen LogP contribution in [0.25, 0.3) is 0 Å². The number of aromatic nitrogens is 2. The van der Waals surface area contributed by atoms with Crippen molar-refractivity contribution in [2.75, 3.05) is 13.1 Å². The zero-order chi connectivity index (χ0) is 15.9. The minimum absolute atomic E-state index is 0.289. The topological polar surface area (TPSA) is 86.9 Å². The minimum atomic E-state index is -3.51. The van der Waals surface area contributed by atoms with Crippen LogP contribution in [0, 0.1) is 12.8 Å². The van der Waals surface area contributed by atoms with Gasteiger partial charge in [-0.3, -0.25) is 5.10 Å². The molecule has 0 aliphatic heterocycles. The van der Waals surface area contributed by atoms with Crippen LogP contribution in [0.15, 0.2) is 4.90 Å². The lowest BCUT2D eigenvalue weighted by Gasteiger charge is -2.14. The van der Waals surface area contributed by atoms with Gasteiger partial charge in [-0.25, -0.2) is 13.1 Å². The molecule has 7 heteroatoms. The largest absolute Gasteiger partial charge is 0.311 e. The molecule has 0 amide bonds. The van der Waals surface area contributed by atoms with Crippen LogP contribution in [0.3, 0.4) is 0 Å². The van der Waals surface area contributed by atoms with Crippen molar-refractivity contribution in [1.82, 2.24) is 20.2 Å². The van der Waals surface area contributed by atoms with Gasteiger partial charge >= 0.3 is 0 Å². The number of sulfonamides is 1. The lowest BCUT2D eigenvalue weighted by atomic mass is 10.0. The van der Waals surface area contributed by atoms with Gasteiger partial charge in [0.25, 0.3) is 0 Å². The third-order valence-corrected chi connectivity index (χ3v) is 5.29. The van der Waals surface area contributed by atoms with Crippen LogP contribution >= 0.6 is 0 Å². The molecule has 1 rings (SSSR count). The smallest absolute Gasteiger partial charge is 0.244 e. The van der Waals surface area contributed by atoms with Crippen molar-refractivity contribution in [3.05, 3.63) is 11.4 Å². The highest BCUT2D eigenvalue weighted by molar-refractivity contribution is 7.89. The fourth-order valence-corrected chi connectivity index (χ4v) is 3.68. The number of nitrogens with one attached hydrogen (secondary N) is 3. The molecule has 0 aromatic carbocycles. The summed E-state index contributed by atoms with van der Waals surface area (Å²) in [5.41, 5.74) is 1.14. The Hall–Kier alpha value is -0.920. The van der Waals surface area contributed by atoms with Gasteiger partial charge in [-0.2, -0.15) is 5.10 Å². The summed E-state index contributed by atoms with van der Waals surface area (Å²) in [7, 11) is -3.51. The molecule has 0 saturated heterocycles. The van der Waals surface area contributed by atoms with E-state index >= 15 is 0 Å². The molecule has 0 spiro atoms. The SMILES string of the molecule is CCCNCc1n[nH]c(C)c1S(=O)(=O)NCC(CC)CC. The summed E-state index contributed by atoms with van der Waals surface area (Å²) >= 11 is 0. The summed E-state index contributed by atoms with van der Waals surface area (Å²) in [5.74, 6) is 0.369. The Bertz CT molecular complexity index is 521. The van der Waals surface area contributed by atoms with Crippen LogP contribution in [0.2, 0.25) is 0 Å². The van der Waals surface area contributed by atoms with Crippen LogP contribution in [0.5, 0.6) is 0 Å². The molecule has 1 heterocycles. The number of aryl methyl sites for hydroxylation is 1. The Morgan fingerprint density at radius 1 is 1.24 bits per heavy atom. The molecule has 0 bridgehead atoms. The van der Waals surface area contributed by atoms with Crippen LogP contribution in [-0.4, -0.2) is 31.7 Å². The maximum Gasteiger partial charge on any atom is 0.244 e. The fourth-order valence-electron chi connectivity index (χ4n) is 2.21. The maximum atomic E-state index is 12.5. The third kappa shape index (κ3) is 5.09. The van der Waals surface area contributed by atoms with E-state index in [4.69, 9.17) is 0 Å². The molecular formula is C14H28N4O2S. The second-order valence-corrected chi connectivity index (χ2v) is 7.04. The van der Waals surface area contributed by atoms with E-state index in [9.17, 15) is 8.42 Å². The average Bonchev–Trinajstić information content (AvgIpc) is 2.82. The summed E-state index contributed by atoms with van der Waals surface area (Å²) in [5, 5.41) is 10.1. The van der Waals surface area contributed by atoms with Crippen molar-refractivity contribution in [1.29, 1.82) is 0 Å². The van der Waals surface area contributed by atoms with E-state index in [-0.39, 0.29) is 4.90 Å². The number of hydrogen-bond acceptors (Lipinski definition) is 4. The van der Waals surface area contributed by atoms with E-state index in [0.29, 0.717) is 30.4 Å². The molecule has 0 saturated carbocycles. The van der Waals surface area contributed by atoms with Crippen LogP contribution in [-0.2, 0) is 16.6 Å². The molecule has 0 atom stereocenters. The average molecular weight is 316 g/mol. The van der Waals surface area contributed by atoms with E-state index in [0.717, 1.165) is 25.8 Å². The standard InChI is InChI=1S/C14H28N4O2S/c1-5-8-15-10-13-14(11(4)17-18-13)21(19,20)16-9-12(6-2)7-3/h12,15-16H,5-10H2,1-4H3,(H,17,18). The quantitative estimate of drug-likeness (QED) is 0.576. The Balaban J connectivity index is 2.84. The van der Waals surface area contributed by atoms with Gasteiger partial charge in [-0.15, -0.1) is 0 Å². The molecule has 0 radical (unpaired) electrons. The molecule has 0 aliphatic rings. The third-order valence-electron chi connectivity index (χ3n) is 3.67. The molecule has 0 aliphatic carbocycles. The van der Waals surface area contributed by atoms with E-state index in [1.165, 1.54) is 0 Å². The molecule has 3 N–H and O–H groups in total. The summed E-state index contributed by atoms with van der Waals surface area (Å²) in [4.78, 5) is 0.289. The molecule has 0 unspecified atom stereocenters. The number of aromatic amines is 1. The van der Waals surface area contributed by atoms with Gasteiger partial charge in [0.05, 0.1) is 11.4 Å². The van der Waals surface area contributed by atoms with Crippen molar-refractivity contribution in [3.63, 3.8) is 0 Å². The van der Waals surface area contributed by atoms with Crippen LogP contribution in [0.4, 0.5) is 0 Å². The second kappa shape index (κ2) is 8.51. The van der Waals surface area contributed by atoms with E-state index in [2.05, 4.69) is 41.0 Å². The number of hydrogen-bond donors (Lipinski definition) is 3. The molecule has 0 fully saturated rings. The fraction of sp³-hybridized carbons (Fsp3) is 0.786. The summed E-state index contributed by atoms with van der Waals surface area (Å²) in [6, 6.07) is 0. The highest BCUT2D eigenvalue weighted by Gasteiger charge is 2.24. The normalized spacial score (nSPS) is 12.2. The summed E-state index contributed by atoms with van der Waals surface area (Å²) in [6.07, 6.45) is 2.93. The van der Waals surface area contributed by atoms with Crippen molar-refractivity contribution in [2.24, 2.45) is 5.92 Å². The Morgan fingerprint density at radius 3 is 2.48 bits per heavy atom. The zero-order valence-corrected chi connectivity index (χ0v) is 14.3. The monoisotopic (exact) mass is 316 g/mol. The Kier molecular flexibility index (Phi) is 7.34. The van der Waals surface area contributed by atoms with Gasteiger partial charge in [-0.1, -0.05) is 33.6 Å². The van der Waals surface area contributed by atoms with E-state index < -0.39 is 10.0 Å². The molecule has 122 valence electrons. The van der Waals surface area contributed by atoms with Gasteiger partial charge in [-0.05, 0) is 25.8 Å². The first-order valence-electron chi connectivity index (χ1n) is 7.70. The zero-order valence-electron chi connectivity index (χ0n) is 13.5. The van der Waals surface area contributed by atoms with Gasteiger partial charge < -0.3 is 5.32 Å². The summed E-state index contributed by atoms with van der Waals surface area (Å²) in [6.45, 7) is 9.73. The first-order chi connectivity index (χ1) is 9.96. The minimum Gasteiger partial charge on any atom is -0.311 e. The summed E-state index contributed by atoms with van der Waals surface area (Å²) < 4.78 is 27.7. The molecular weight excluding hydrogens is 288 g/mol. The van der Waals surface area contributed by atoms with Gasteiger partial charge in [0.15, 0.2) is 0 Å². The lowest BCUT2D eigenvalue weighted by Crippen LogP contribution is -2.30. The molecule has 21 heavy (non-hydrogen) atoms. The Labute approximate surface area is 128 Å². The van der Waals surface area contributed by atoms with Crippen molar-refractivity contribution in [2.45, 2.75) is 58.4 Å². The number of H-pyrrole nitrogens is 1. The highest BCUT2D eigenvalue weighted by atomic mass is 32.2. The van der Waals surface area contributed by atoms with E-state index in [1.54, 1.807) is 6.92 Å². The van der Waals surface area contributed by atoms with Crippen molar-refractivity contribution >= 4 is 10.0 Å². The van der Waals surface area contributed by atoms with E-state index in [1.807, 2.05) is 0 Å². The molecule has 6 nitrogen and oxygen atoms in total. The van der Waals surface area contributed by atoms with Gasteiger partial charge in [0.1, 0.15) is 4.90 Å². The number of rotatable bonds is 10. The highest BCUT2D eigenvalue weighted by Crippen LogP contribution is 2.18. The van der Waals surface area contributed by atoms with Crippen molar-refractivity contribution < 1.29 is 8.42 Å². The van der Waals surface area contributed by atoms with Gasteiger partial charge in [0.2, 0.25) is 10.0 Å². The Morgan fingerprint density at radius 2 is 1.90 bits per heavy atom. The molecule has 1 aromatic heterocycles. The predicted octanol–water partition coefficient (Wildman–Crippen LogP) is 1.93. The number of nitrogens with zero attached hydrogens (tertiary/aromatic N) is 1. The molecule has 1 aromatic rings. The second-order valence-electron chi connectivity index (χ2n) is 5.34. The van der Waals surface area contributed by atoms with Crippen molar-refractivity contribution in [3.8, 4) is 0 Å². The maximum absolute atomic E-state index is 12.5. The van der Waals surface area contributed by atoms with Gasteiger partial charge in [0, 0.05) is 13.1 Å². The lowest BCUT2D eigenvalue weighted by molar-refractivity contribution is 0.478. The van der Waals surface area contributed by atoms with Crippen LogP contribution in [0.1, 0.15) is 51.4 Å².